The molecular formula is C14H17BrN2O. The van der Waals surface area contributed by atoms with Gasteiger partial charge in [-0.05, 0) is 26.0 Å². The number of nitrogens with zero attached hydrogens (tertiary/aromatic N) is 2. The Morgan fingerprint density at radius 3 is 2.83 bits per heavy atom. The number of rotatable bonds is 0. The number of fused-ring (bicyclic) bond motifs is 3. The molecule has 0 saturated carbocycles. The normalized spacial score (nSPS) is 22.6. The molecule has 96 valence electrons. The molecule has 0 aliphatic carbocycles. The molecular weight excluding hydrogens is 292 g/mol. The minimum absolute atomic E-state index is 0.274. The first-order valence-corrected chi connectivity index (χ1v) is 6.98. The van der Waals surface area contributed by atoms with E-state index in [0.717, 1.165) is 23.4 Å². The Kier molecular flexibility index (Phi) is 2.77. The van der Waals surface area contributed by atoms with Gasteiger partial charge in [-0.2, -0.15) is 0 Å². The van der Waals surface area contributed by atoms with Crippen molar-refractivity contribution < 1.29 is 4.74 Å². The van der Waals surface area contributed by atoms with Crippen molar-refractivity contribution in [3.8, 4) is 5.75 Å². The van der Waals surface area contributed by atoms with Crippen molar-refractivity contribution in [1.82, 2.24) is 9.80 Å². The smallest absolute Gasteiger partial charge is 0.131 e. The van der Waals surface area contributed by atoms with Crippen molar-refractivity contribution in [1.29, 1.82) is 0 Å². The minimum Gasteiger partial charge on any atom is -0.491 e. The fourth-order valence-electron chi connectivity index (χ4n) is 2.81. The van der Waals surface area contributed by atoms with Gasteiger partial charge in [-0.25, -0.2) is 0 Å². The zero-order chi connectivity index (χ0) is 12.9. The average Bonchev–Trinajstić information content (AvgIpc) is 2.54. The minimum atomic E-state index is 0.274. The van der Waals surface area contributed by atoms with Gasteiger partial charge in [-0.1, -0.05) is 22.0 Å². The van der Waals surface area contributed by atoms with E-state index in [0.29, 0.717) is 0 Å². The van der Waals surface area contributed by atoms with E-state index in [2.05, 4.69) is 64.8 Å². The van der Waals surface area contributed by atoms with E-state index in [9.17, 15) is 0 Å². The maximum atomic E-state index is 5.88. The maximum Gasteiger partial charge on any atom is 0.131 e. The molecule has 2 heterocycles. The fraction of sp³-hybridized carbons (Fsp3) is 0.429. The van der Waals surface area contributed by atoms with E-state index < -0.39 is 0 Å². The number of benzene rings is 1. The first kappa shape index (κ1) is 11.9. The maximum absolute atomic E-state index is 5.88. The Morgan fingerprint density at radius 2 is 2.06 bits per heavy atom. The van der Waals surface area contributed by atoms with Gasteiger partial charge >= 0.3 is 0 Å². The van der Waals surface area contributed by atoms with Crippen LogP contribution in [0.1, 0.15) is 25.6 Å². The summed E-state index contributed by atoms with van der Waals surface area (Å²) >= 11 is 3.51. The molecule has 0 saturated heterocycles. The number of halogens is 1. The van der Waals surface area contributed by atoms with E-state index >= 15 is 0 Å². The van der Waals surface area contributed by atoms with Crippen LogP contribution in [0.15, 0.2) is 34.1 Å². The number of hydrogen-bond donors (Lipinski definition) is 0. The van der Waals surface area contributed by atoms with Crippen molar-refractivity contribution >= 4 is 15.9 Å². The third-order valence-electron chi connectivity index (χ3n) is 3.99. The lowest BCUT2D eigenvalue weighted by atomic mass is 10.1. The lowest BCUT2D eigenvalue weighted by Crippen LogP contribution is -2.30. The molecule has 2 aliphatic heterocycles. The summed E-state index contributed by atoms with van der Waals surface area (Å²) in [6.45, 7) is 6.04. The molecule has 0 radical (unpaired) electrons. The molecule has 1 aromatic carbocycles. The molecule has 18 heavy (non-hydrogen) atoms. The second-order valence-corrected chi connectivity index (χ2v) is 5.80. The summed E-state index contributed by atoms with van der Waals surface area (Å²) in [7, 11) is 2.15. The number of allylic oxidation sites excluding steroid dienone is 2. The van der Waals surface area contributed by atoms with Crippen LogP contribution in [-0.2, 0) is 0 Å². The van der Waals surface area contributed by atoms with Crippen LogP contribution in [0.25, 0.3) is 0 Å². The van der Waals surface area contributed by atoms with Crippen LogP contribution in [0.4, 0.5) is 0 Å². The summed E-state index contributed by atoms with van der Waals surface area (Å²) in [5.41, 5.74) is 3.94. The van der Waals surface area contributed by atoms with Gasteiger partial charge in [0.1, 0.15) is 18.5 Å². The highest BCUT2D eigenvalue weighted by atomic mass is 79.9. The van der Waals surface area contributed by atoms with Crippen LogP contribution in [0, 0.1) is 0 Å². The van der Waals surface area contributed by atoms with E-state index in [1.165, 1.54) is 17.0 Å². The zero-order valence-corrected chi connectivity index (χ0v) is 12.5. The predicted molar refractivity (Wildman–Crippen MR) is 75.2 cm³/mol. The van der Waals surface area contributed by atoms with Gasteiger partial charge in [-0.15, -0.1) is 0 Å². The third kappa shape index (κ3) is 1.62. The molecule has 3 rings (SSSR count). The first-order chi connectivity index (χ1) is 8.59. The standard InChI is InChI=1S/C14H17BrN2O/c1-9-10(2)17-6-7-18-13-8-11(15)4-5-12(13)14(17)16(9)3/h4-5,8,14H,6-7H2,1-3H3. The van der Waals surface area contributed by atoms with Gasteiger partial charge in [0.25, 0.3) is 0 Å². The molecule has 3 nitrogen and oxygen atoms in total. The fourth-order valence-corrected chi connectivity index (χ4v) is 3.15. The lowest BCUT2D eigenvalue weighted by molar-refractivity contribution is 0.161. The van der Waals surface area contributed by atoms with Crippen molar-refractivity contribution in [3.05, 3.63) is 39.6 Å². The van der Waals surface area contributed by atoms with Gasteiger partial charge in [0, 0.05) is 28.5 Å². The van der Waals surface area contributed by atoms with E-state index in [1.807, 2.05) is 0 Å². The van der Waals surface area contributed by atoms with Gasteiger partial charge in [-0.3, -0.25) is 0 Å². The Balaban J connectivity index is 2.11. The molecule has 0 spiro atoms. The Morgan fingerprint density at radius 1 is 1.28 bits per heavy atom. The van der Waals surface area contributed by atoms with Crippen LogP contribution in [-0.4, -0.2) is 30.0 Å². The van der Waals surface area contributed by atoms with Crippen LogP contribution < -0.4 is 4.74 Å². The first-order valence-electron chi connectivity index (χ1n) is 6.19. The second-order valence-electron chi connectivity index (χ2n) is 4.88. The lowest BCUT2D eigenvalue weighted by Gasteiger charge is -2.30. The summed E-state index contributed by atoms with van der Waals surface area (Å²) < 4.78 is 6.94. The van der Waals surface area contributed by atoms with Crippen molar-refractivity contribution in [3.63, 3.8) is 0 Å². The largest absolute Gasteiger partial charge is 0.491 e. The van der Waals surface area contributed by atoms with Gasteiger partial charge in [0.05, 0.1) is 6.54 Å². The SMILES string of the molecule is CC1=C(C)N2CCOc3cc(Br)ccc3C2N1C. The highest BCUT2D eigenvalue weighted by Crippen LogP contribution is 2.43. The summed E-state index contributed by atoms with van der Waals surface area (Å²) in [6, 6.07) is 6.31. The van der Waals surface area contributed by atoms with Gasteiger partial charge in [0.2, 0.25) is 0 Å². The Hall–Kier alpha value is -1.16. The van der Waals surface area contributed by atoms with Crippen LogP contribution in [0.2, 0.25) is 0 Å². The summed E-state index contributed by atoms with van der Waals surface area (Å²) in [5.74, 6) is 0.992. The molecule has 0 bridgehead atoms. The molecule has 0 N–H and O–H groups in total. The van der Waals surface area contributed by atoms with Crippen LogP contribution in [0.3, 0.4) is 0 Å². The highest BCUT2D eigenvalue weighted by Gasteiger charge is 2.36. The highest BCUT2D eigenvalue weighted by molar-refractivity contribution is 9.10. The van der Waals surface area contributed by atoms with E-state index in [4.69, 9.17) is 4.74 Å². The van der Waals surface area contributed by atoms with Gasteiger partial charge in [0.15, 0.2) is 0 Å². The molecule has 1 atom stereocenters. The van der Waals surface area contributed by atoms with Crippen molar-refractivity contribution in [2.45, 2.75) is 20.0 Å². The predicted octanol–water partition coefficient (Wildman–Crippen LogP) is 3.34. The monoisotopic (exact) mass is 308 g/mol. The quantitative estimate of drug-likeness (QED) is 0.731. The summed E-state index contributed by atoms with van der Waals surface area (Å²) in [5, 5.41) is 0. The van der Waals surface area contributed by atoms with Crippen LogP contribution >= 0.6 is 15.9 Å². The Bertz CT molecular complexity index is 527. The molecule has 4 heteroatoms. The third-order valence-corrected chi connectivity index (χ3v) is 4.48. The molecule has 0 aromatic heterocycles. The molecule has 1 unspecified atom stereocenters. The average molecular weight is 309 g/mol. The topological polar surface area (TPSA) is 15.7 Å². The molecule has 0 fully saturated rings. The van der Waals surface area contributed by atoms with E-state index in [1.54, 1.807) is 0 Å². The number of hydrogen-bond acceptors (Lipinski definition) is 3. The molecule has 2 aliphatic rings. The Labute approximate surface area is 116 Å². The summed E-state index contributed by atoms with van der Waals surface area (Å²) in [6.07, 6.45) is 0.274. The van der Waals surface area contributed by atoms with Crippen molar-refractivity contribution in [2.24, 2.45) is 0 Å². The molecule has 1 aromatic rings. The van der Waals surface area contributed by atoms with Gasteiger partial charge < -0.3 is 14.5 Å². The van der Waals surface area contributed by atoms with E-state index in [-0.39, 0.29) is 6.17 Å². The second kappa shape index (κ2) is 4.19. The summed E-state index contributed by atoms with van der Waals surface area (Å²) in [4.78, 5) is 4.76. The molecule has 0 amide bonds. The zero-order valence-electron chi connectivity index (χ0n) is 10.9. The van der Waals surface area contributed by atoms with Crippen LogP contribution in [0.5, 0.6) is 5.75 Å². The number of ether oxygens (including phenoxy) is 1. The van der Waals surface area contributed by atoms with Crippen molar-refractivity contribution in [2.75, 3.05) is 20.2 Å².